The number of aromatic amines is 1. The summed E-state index contributed by atoms with van der Waals surface area (Å²) in [6.45, 7) is 1.77. The summed E-state index contributed by atoms with van der Waals surface area (Å²) < 4.78 is 0. The Morgan fingerprint density at radius 2 is 2.35 bits per heavy atom. The molecule has 0 aliphatic heterocycles. The molecule has 0 spiro atoms. The van der Waals surface area contributed by atoms with E-state index in [1.54, 1.807) is 17.5 Å². The van der Waals surface area contributed by atoms with Gasteiger partial charge in [0.05, 0.1) is 6.04 Å². The molecule has 2 heterocycles. The van der Waals surface area contributed by atoms with E-state index in [0.29, 0.717) is 6.04 Å². The number of nitrogens with zero attached hydrogens (tertiary/aromatic N) is 2. The lowest BCUT2D eigenvalue weighted by molar-refractivity contribution is 0.292. The maximum atomic E-state index is 3.93. The second kappa shape index (κ2) is 5.95. The molecule has 2 rings (SSSR count). The smallest absolute Gasteiger partial charge is 0.0561 e. The fourth-order valence-electron chi connectivity index (χ4n) is 1.75. The van der Waals surface area contributed by atoms with Crippen LogP contribution in [0.5, 0.6) is 0 Å². The average Bonchev–Trinajstić information content (AvgIpc) is 2.96. The summed E-state index contributed by atoms with van der Waals surface area (Å²) in [5, 5.41) is 12.5. The highest BCUT2D eigenvalue weighted by atomic mass is 32.1. The first-order valence-electron chi connectivity index (χ1n) is 5.66. The van der Waals surface area contributed by atoms with Crippen LogP contribution in [0.25, 0.3) is 0 Å². The van der Waals surface area contributed by atoms with E-state index in [4.69, 9.17) is 0 Å². The first-order chi connectivity index (χ1) is 8.27. The van der Waals surface area contributed by atoms with Crippen LogP contribution < -0.4 is 5.32 Å². The second-order valence-electron chi connectivity index (χ2n) is 4.21. The first-order valence-corrected chi connectivity index (χ1v) is 6.54. The molecule has 2 aromatic rings. The van der Waals surface area contributed by atoms with E-state index in [2.05, 4.69) is 52.0 Å². The minimum absolute atomic E-state index is 0.429. The molecule has 0 saturated heterocycles. The van der Waals surface area contributed by atoms with Crippen molar-refractivity contribution in [2.75, 3.05) is 20.6 Å². The van der Waals surface area contributed by atoms with Crippen LogP contribution in [0.3, 0.4) is 0 Å². The first kappa shape index (κ1) is 12.3. The Labute approximate surface area is 106 Å². The van der Waals surface area contributed by atoms with Gasteiger partial charge < -0.3 is 10.2 Å². The number of H-pyrrole nitrogens is 1. The number of aromatic nitrogens is 2. The van der Waals surface area contributed by atoms with Gasteiger partial charge in [0.25, 0.3) is 0 Å². The van der Waals surface area contributed by atoms with E-state index < -0.39 is 0 Å². The molecule has 0 fully saturated rings. The van der Waals surface area contributed by atoms with E-state index in [0.717, 1.165) is 18.8 Å². The summed E-state index contributed by atoms with van der Waals surface area (Å²) in [6, 6.07) is 6.71. The maximum Gasteiger partial charge on any atom is 0.0561 e. The van der Waals surface area contributed by atoms with Crippen molar-refractivity contribution in [1.82, 2.24) is 20.4 Å². The Kier molecular flexibility index (Phi) is 4.30. The third-order valence-electron chi connectivity index (χ3n) is 2.71. The summed E-state index contributed by atoms with van der Waals surface area (Å²) >= 11 is 1.81. The van der Waals surface area contributed by atoms with Crippen molar-refractivity contribution in [3.05, 3.63) is 40.3 Å². The van der Waals surface area contributed by atoms with Crippen molar-refractivity contribution in [2.45, 2.75) is 12.6 Å². The SMILES string of the molecule is CN(C)C(CNCc1ccn[nH]1)c1cccs1. The Balaban J connectivity index is 1.86. The van der Waals surface area contributed by atoms with Crippen LogP contribution in [0.1, 0.15) is 16.6 Å². The number of rotatable bonds is 6. The van der Waals surface area contributed by atoms with Crippen molar-refractivity contribution in [2.24, 2.45) is 0 Å². The fourth-order valence-corrected chi connectivity index (χ4v) is 2.67. The van der Waals surface area contributed by atoms with Gasteiger partial charge in [0.15, 0.2) is 0 Å². The van der Waals surface area contributed by atoms with Gasteiger partial charge in [-0.3, -0.25) is 5.10 Å². The minimum atomic E-state index is 0.429. The molecule has 0 aliphatic rings. The summed E-state index contributed by atoms with van der Waals surface area (Å²) in [4.78, 5) is 3.64. The summed E-state index contributed by atoms with van der Waals surface area (Å²) in [7, 11) is 4.23. The predicted octanol–water partition coefficient (Wildman–Crippen LogP) is 1.86. The lowest BCUT2D eigenvalue weighted by atomic mass is 10.2. The van der Waals surface area contributed by atoms with Gasteiger partial charge in [-0.25, -0.2) is 0 Å². The third kappa shape index (κ3) is 3.39. The average molecular weight is 250 g/mol. The van der Waals surface area contributed by atoms with E-state index in [-0.39, 0.29) is 0 Å². The van der Waals surface area contributed by atoms with E-state index in [9.17, 15) is 0 Å². The number of hydrogen-bond acceptors (Lipinski definition) is 4. The summed E-state index contributed by atoms with van der Waals surface area (Å²) in [5.41, 5.74) is 1.12. The number of nitrogens with one attached hydrogen (secondary N) is 2. The third-order valence-corrected chi connectivity index (χ3v) is 3.68. The quantitative estimate of drug-likeness (QED) is 0.822. The van der Waals surface area contributed by atoms with Crippen LogP contribution in [0, 0.1) is 0 Å². The highest BCUT2D eigenvalue weighted by Gasteiger charge is 2.14. The van der Waals surface area contributed by atoms with Gasteiger partial charge in [0.2, 0.25) is 0 Å². The molecule has 0 aliphatic carbocycles. The van der Waals surface area contributed by atoms with Crippen molar-refractivity contribution in [3.63, 3.8) is 0 Å². The van der Waals surface area contributed by atoms with Gasteiger partial charge in [-0.05, 0) is 31.6 Å². The van der Waals surface area contributed by atoms with E-state index in [1.165, 1.54) is 4.88 Å². The van der Waals surface area contributed by atoms with Crippen LogP contribution in [-0.2, 0) is 6.54 Å². The van der Waals surface area contributed by atoms with Crippen LogP contribution in [0.4, 0.5) is 0 Å². The normalized spacial score (nSPS) is 13.1. The molecular weight excluding hydrogens is 232 g/mol. The second-order valence-corrected chi connectivity index (χ2v) is 5.19. The van der Waals surface area contributed by atoms with Gasteiger partial charge >= 0.3 is 0 Å². The van der Waals surface area contributed by atoms with E-state index >= 15 is 0 Å². The van der Waals surface area contributed by atoms with Gasteiger partial charge in [0.1, 0.15) is 0 Å². The van der Waals surface area contributed by atoms with Gasteiger partial charge in [-0.2, -0.15) is 5.10 Å². The summed E-state index contributed by atoms with van der Waals surface area (Å²) in [5.74, 6) is 0. The Morgan fingerprint density at radius 1 is 1.47 bits per heavy atom. The summed E-state index contributed by atoms with van der Waals surface area (Å²) in [6.07, 6.45) is 1.78. The Morgan fingerprint density at radius 3 is 2.94 bits per heavy atom. The van der Waals surface area contributed by atoms with Crippen LogP contribution in [-0.4, -0.2) is 35.7 Å². The molecule has 1 atom stereocenters. The molecule has 0 radical (unpaired) electrons. The van der Waals surface area contributed by atoms with Gasteiger partial charge in [-0.1, -0.05) is 6.07 Å². The maximum absolute atomic E-state index is 3.93. The molecule has 2 aromatic heterocycles. The molecule has 1 unspecified atom stereocenters. The highest BCUT2D eigenvalue weighted by molar-refractivity contribution is 7.10. The molecule has 4 nitrogen and oxygen atoms in total. The van der Waals surface area contributed by atoms with Crippen molar-refractivity contribution >= 4 is 11.3 Å². The lowest BCUT2D eigenvalue weighted by Crippen LogP contribution is -2.30. The number of thiophene rings is 1. The standard InChI is InChI=1S/C12H18N4S/c1-16(2)11(12-4-3-7-17-12)9-13-8-10-5-6-14-15-10/h3-7,11,13H,8-9H2,1-2H3,(H,14,15). The Hall–Kier alpha value is -1.17. The molecule has 0 aromatic carbocycles. The zero-order valence-corrected chi connectivity index (χ0v) is 11.0. The largest absolute Gasteiger partial charge is 0.309 e. The number of likely N-dealkylation sites (N-methyl/N-ethyl adjacent to an activating group) is 1. The predicted molar refractivity (Wildman–Crippen MR) is 71.0 cm³/mol. The molecule has 5 heteroatoms. The minimum Gasteiger partial charge on any atom is -0.309 e. The molecule has 92 valence electrons. The van der Waals surface area contributed by atoms with Gasteiger partial charge in [-0.15, -0.1) is 11.3 Å². The zero-order valence-electron chi connectivity index (χ0n) is 10.2. The van der Waals surface area contributed by atoms with Gasteiger partial charge in [0, 0.05) is 29.9 Å². The van der Waals surface area contributed by atoms with Crippen molar-refractivity contribution in [3.8, 4) is 0 Å². The van der Waals surface area contributed by atoms with Crippen molar-refractivity contribution < 1.29 is 0 Å². The van der Waals surface area contributed by atoms with Crippen LogP contribution >= 0.6 is 11.3 Å². The Bertz CT molecular complexity index is 408. The molecule has 17 heavy (non-hydrogen) atoms. The number of hydrogen-bond donors (Lipinski definition) is 2. The lowest BCUT2D eigenvalue weighted by Gasteiger charge is -2.23. The molecular formula is C12H18N4S. The van der Waals surface area contributed by atoms with E-state index in [1.807, 2.05) is 6.07 Å². The topological polar surface area (TPSA) is 44.0 Å². The zero-order chi connectivity index (χ0) is 12.1. The van der Waals surface area contributed by atoms with Crippen molar-refractivity contribution in [1.29, 1.82) is 0 Å². The molecule has 0 bridgehead atoms. The van der Waals surface area contributed by atoms with Crippen LogP contribution in [0.2, 0.25) is 0 Å². The molecule has 0 saturated carbocycles. The molecule has 0 amide bonds. The monoisotopic (exact) mass is 250 g/mol. The highest BCUT2D eigenvalue weighted by Crippen LogP contribution is 2.22. The van der Waals surface area contributed by atoms with Crippen LogP contribution in [0.15, 0.2) is 29.8 Å². The molecule has 2 N–H and O–H groups in total. The fraction of sp³-hybridized carbons (Fsp3) is 0.417.